The van der Waals surface area contributed by atoms with Crippen molar-refractivity contribution in [1.29, 1.82) is 0 Å². The van der Waals surface area contributed by atoms with Gasteiger partial charge in [-0.25, -0.2) is 0 Å². The number of aliphatic hydroxyl groups excluding tert-OH is 1. The minimum Gasteiger partial charge on any atom is -0.396 e. The van der Waals surface area contributed by atoms with Gasteiger partial charge in [-0.1, -0.05) is 18.2 Å². The van der Waals surface area contributed by atoms with Crippen molar-refractivity contribution in [3.63, 3.8) is 0 Å². The van der Waals surface area contributed by atoms with Gasteiger partial charge in [-0.15, -0.1) is 0 Å². The van der Waals surface area contributed by atoms with Gasteiger partial charge in [-0.3, -0.25) is 10.1 Å². The molecule has 1 rings (SSSR count). The SMILES string of the molecule is N[C@@H](CCCO)c1ccccc1[N+](=O)[O-]. The first-order chi connectivity index (χ1) is 7.16. The van der Waals surface area contributed by atoms with E-state index < -0.39 is 11.0 Å². The van der Waals surface area contributed by atoms with E-state index in [4.69, 9.17) is 10.8 Å². The maximum atomic E-state index is 10.7. The Morgan fingerprint density at radius 1 is 1.47 bits per heavy atom. The minimum atomic E-state index is -0.436. The molecule has 0 heterocycles. The van der Waals surface area contributed by atoms with Crippen molar-refractivity contribution >= 4 is 5.69 Å². The van der Waals surface area contributed by atoms with Crippen LogP contribution in [0.4, 0.5) is 5.69 Å². The Hall–Kier alpha value is -1.46. The van der Waals surface area contributed by atoms with Gasteiger partial charge in [0.05, 0.1) is 4.92 Å². The molecule has 1 atom stereocenters. The molecular formula is C10H14N2O3. The Morgan fingerprint density at radius 3 is 2.73 bits per heavy atom. The molecule has 0 saturated heterocycles. The molecule has 82 valence electrons. The first-order valence-electron chi connectivity index (χ1n) is 4.76. The second-order valence-electron chi connectivity index (χ2n) is 3.29. The summed E-state index contributed by atoms with van der Waals surface area (Å²) in [6.45, 7) is 0.0499. The van der Waals surface area contributed by atoms with E-state index in [1.54, 1.807) is 18.2 Å². The molecule has 15 heavy (non-hydrogen) atoms. The van der Waals surface area contributed by atoms with Crippen LogP contribution < -0.4 is 5.73 Å². The zero-order valence-electron chi connectivity index (χ0n) is 8.30. The van der Waals surface area contributed by atoms with Crippen molar-refractivity contribution in [3.8, 4) is 0 Å². The molecule has 0 aromatic heterocycles. The summed E-state index contributed by atoms with van der Waals surface area (Å²) in [7, 11) is 0. The number of para-hydroxylation sites is 1. The van der Waals surface area contributed by atoms with Crippen LogP contribution in [0.2, 0.25) is 0 Å². The lowest BCUT2D eigenvalue weighted by Gasteiger charge is -2.10. The van der Waals surface area contributed by atoms with Gasteiger partial charge in [-0.05, 0) is 12.8 Å². The first-order valence-corrected chi connectivity index (χ1v) is 4.76. The fourth-order valence-corrected chi connectivity index (χ4v) is 1.43. The van der Waals surface area contributed by atoms with Crippen molar-refractivity contribution in [2.75, 3.05) is 6.61 Å². The predicted octanol–water partition coefficient (Wildman–Crippen LogP) is 1.37. The van der Waals surface area contributed by atoms with E-state index in [0.717, 1.165) is 0 Å². The molecular weight excluding hydrogens is 196 g/mol. The van der Waals surface area contributed by atoms with Crippen LogP contribution in [0.5, 0.6) is 0 Å². The van der Waals surface area contributed by atoms with Gasteiger partial charge in [0.25, 0.3) is 5.69 Å². The molecule has 0 radical (unpaired) electrons. The first kappa shape index (κ1) is 11.6. The summed E-state index contributed by atoms with van der Waals surface area (Å²) in [5.74, 6) is 0. The van der Waals surface area contributed by atoms with Crippen LogP contribution in [0.25, 0.3) is 0 Å². The summed E-state index contributed by atoms with van der Waals surface area (Å²) < 4.78 is 0. The van der Waals surface area contributed by atoms with Crippen molar-refractivity contribution in [1.82, 2.24) is 0 Å². The highest BCUT2D eigenvalue weighted by atomic mass is 16.6. The number of nitro groups is 1. The number of nitro benzene ring substituents is 1. The molecule has 5 heteroatoms. The molecule has 0 amide bonds. The summed E-state index contributed by atoms with van der Waals surface area (Å²) in [5.41, 5.74) is 6.37. The lowest BCUT2D eigenvalue weighted by Crippen LogP contribution is -2.12. The van der Waals surface area contributed by atoms with Gasteiger partial charge < -0.3 is 10.8 Å². The van der Waals surface area contributed by atoms with Crippen LogP contribution in [0, 0.1) is 10.1 Å². The number of nitrogens with two attached hydrogens (primary N) is 1. The smallest absolute Gasteiger partial charge is 0.274 e. The third kappa shape index (κ3) is 3.00. The average molecular weight is 210 g/mol. The quantitative estimate of drug-likeness (QED) is 0.567. The van der Waals surface area contributed by atoms with Crippen LogP contribution in [0.15, 0.2) is 24.3 Å². The third-order valence-corrected chi connectivity index (χ3v) is 2.21. The van der Waals surface area contributed by atoms with E-state index in [2.05, 4.69) is 0 Å². The predicted molar refractivity (Wildman–Crippen MR) is 56.3 cm³/mol. The van der Waals surface area contributed by atoms with E-state index in [9.17, 15) is 10.1 Å². The van der Waals surface area contributed by atoms with E-state index in [-0.39, 0.29) is 12.3 Å². The maximum absolute atomic E-state index is 10.7. The van der Waals surface area contributed by atoms with Crippen molar-refractivity contribution in [2.24, 2.45) is 5.73 Å². The Morgan fingerprint density at radius 2 is 2.13 bits per heavy atom. The average Bonchev–Trinajstić information content (AvgIpc) is 2.25. The molecule has 0 aliphatic rings. The molecule has 0 aliphatic carbocycles. The zero-order valence-corrected chi connectivity index (χ0v) is 8.30. The summed E-state index contributed by atoms with van der Waals surface area (Å²) in [6, 6.07) is 6.04. The van der Waals surface area contributed by atoms with Crippen LogP contribution in [0.3, 0.4) is 0 Å². The van der Waals surface area contributed by atoms with Gasteiger partial charge >= 0.3 is 0 Å². The number of nitrogens with zero attached hydrogens (tertiary/aromatic N) is 1. The normalized spacial score (nSPS) is 12.4. The Bertz CT molecular complexity index is 341. The van der Waals surface area contributed by atoms with Crippen molar-refractivity contribution in [2.45, 2.75) is 18.9 Å². The highest BCUT2D eigenvalue weighted by molar-refractivity contribution is 5.41. The molecule has 0 unspecified atom stereocenters. The minimum absolute atomic E-state index is 0.0444. The molecule has 3 N–H and O–H groups in total. The number of hydrogen-bond acceptors (Lipinski definition) is 4. The zero-order chi connectivity index (χ0) is 11.3. The topological polar surface area (TPSA) is 89.4 Å². The van der Waals surface area contributed by atoms with Gasteiger partial charge in [0, 0.05) is 24.3 Å². The number of aliphatic hydroxyl groups is 1. The summed E-state index contributed by atoms with van der Waals surface area (Å²) in [6.07, 6.45) is 1.09. The molecule has 0 saturated carbocycles. The van der Waals surface area contributed by atoms with E-state index in [0.29, 0.717) is 18.4 Å². The van der Waals surface area contributed by atoms with E-state index in [1.165, 1.54) is 6.07 Å². The van der Waals surface area contributed by atoms with Crippen LogP contribution in [-0.4, -0.2) is 16.6 Å². The number of hydrogen-bond donors (Lipinski definition) is 2. The molecule has 5 nitrogen and oxygen atoms in total. The highest BCUT2D eigenvalue weighted by Crippen LogP contribution is 2.25. The monoisotopic (exact) mass is 210 g/mol. The molecule has 1 aromatic rings. The molecule has 0 bridgehead atoms. The number of rotatable bonds is 5. The Labute approximate surface area is 87.7 Å². The van der Waals surface area contributed by atoms with Crippen molar-refractivity contribution < 1.29 is 10.0 Å². The fraction of sp³-hybridized carbons (Fsp3) is 0.400. The molecule has 0 fully saturated rings. The third-order valence-electron chi connectivity index (χ3n) is 2.21. The van der Waals surface area contributed by atoms with E-state index in [1.807, 2.05) is 0 Å². The van der Waals surface area contributed by atoms with Gasteiger partial charge in [0.1, 0.15) is 0 Å². The maximum Gasteiger partial charge on any atom is 0.274 e. The number of benzene rings is 1. The Balaban J connectivity index is 2.87. The fourth-order valence-electron chi connectivity index (χ4n) is 1.43. The highest BCUT2D eigenvalue weighted by Gasteiger charge is 2.17. The van der Waals surface area contributed by atoms with E-state index >= 15 is 0 Å². The largest absolute Gasteiger partial charge is 0.396 e. The van der Waals surface area contributed by atoms with Crippen LogP contribution >= 0.6 is 0 Å². The molecule has 0 aliphatic heterocycles. The lowest BCUT2D eigenvalue weighted by molar-refractivity contribution is -0.385. The summed E-state index contributed by atoms with van der Waals surface area (Å²) in [4.78, 5) is 10.3. The Kier molecular flexibility index (Phi) is 4.20. The summed E-state index contributed by atoms with van der Waals surface area (Å²) in [5, 5.41) is 19.4. The van der Waals surface area contributed by atoms with Crippen molar-refractivity contribution in [3.05, 3.63) is 39.9 Å². The second kappa shape index (κ2) is 5.43. The summed E-state index contributed by atoms with van der Waals surface area (Å²) >= 11 is 0. The van der Waals surface area contributed by atoms with Gasteiger partial charge in [0.15, 0.2) is 0 Å². The molecule has 0 spiro atoms. The second-order valence-corrected chi connectivity index (χ2v) is 3.29. The standard InChI is InChI=1S/C10H14N2O3/c11-9(5-3-7-13)8-4-1-2-6-10(8)12(14)15/h1-2,4,6,9,13H,3,5,7,11H2/t9-/m0/s1. The van der Waals surface area contributed by atoms with Crippen LogP contribution in [-0.2, 0) is 0 Å². The molecule has 1 aromatic carbocycles. The van der Waals surface area contributed by atoms with Crippen LogP contribution in [0.1, 0.15) is 24.4 Å². The lowest BCUT2D eigenvalue weighted by atomic mass is 10.0. The van der Waals surface area contributed by atoms with Gasteiger partial charge in [-0.2, -0.15) is 0 Å². The van der Waals surface area contributed by atoms with Gasteiger partial charge in [0.2, 0.25) is 0 Å².